The first-order valence-corrected chi connectivity index (χ1v) is 3.94. The monoisotopic (exact) mass is 158 g/mol. The van der Waals surface area contributed by atoms with Crippen LogP contribution in [0.5, 0.6) is 0 Å². The van der Waals surface area contributed by atoms with Gasteiger partial charge in [0, 0.05) is 6.42 Å². The van der Waals surface area contributed by atoms with Crippen LogP contribution < -0.4 is 0 Å². The van der Waals surface area contributed by atoms with Crippen LogP contribution in [-0.2, 0) is 9.53 Å². The number of hydrogen-bond acceptors (Lipinski definition) is 3. The number of epoxide rings is 1. The molecule has 1 saturated heterocycles. The Bertz CT molecular complexity index is 153. The normalized spacial score (nSPS) is 29.1. The first-order chi connectivity index (χ1) is 5.15. The maximum Gasteiger partial charge on any atom is 0.164 e. The van der Waals surface area contributed by atoms with Crippen molar-refractivity contribution >= 4 is 5.78 Å². The average molecular weight is 158 g/mol. The lowest BCUT2D eigenvalue weighted by atomic mass is 10.0. The number of ketones is 1. The summed E-state index contributed by atoms with van der Waals surface area (Å²) >= 11 is 0. The molecule has 0 aliphatic carbocycles. The summed E-state index contributed by atoms with van der Waals surface area (Å²) in [6.07, 6.45) is 0.0462. The number of aliphatic hydroxyl groups excluding tert-OH is 1. The summed E-state index contributed by atoms with van der Waals surface area (Å²) in [7, 11) is 0. The molecule has 2 unspecified atom stereocenters. The number of rotatable bonds is 4. The molecule has 1 aliphatic rings. The second-order valence-corrected chi connectivity index (χ2v) is 3.34. The van der Waals surface area contributed by atoms with Crippen molar-refractivity contribution in [2.45, 2.75) is 32.5 Å². The van der Waals surface area contributed by atoms with Crippen LogP contribution in [-0.4, -0.2) is 29.7 Å². The first kappa shape index (κ1) is 8.68. The minimum absolute atomic E-state index is 0.0332. The van der Waals surface area contributed by atoms with Crippen molar-refractivity contribution in [3.05, 3.63) is 0 Å². The summed E-state index contributed by atoms with van der Waals surface area (Å²) in [5.74, 6) is 0.505. The lowest BCUT2D eigenvalue weighted by molar-refractivity contribution is -0.120. The van der Waals surface area contributed by atoms with E-state index in [1.54, 1.807) is 0 Å². The van der Waals surface area contributed by atoms with Crippen LogP contribution in [0.15, 0.2) is 0 Å². The van der Waals surface area contributed by atoms with E-state index in [2.05, 4.69) is 0 Å². The third-order valence-corrected chi connectivity index (χ3v) is 1.69. The minimum Gasteiger partial charge on any atom is -0.394 e. The molecule has 0 aromatic heterocycles. The number of ether oxygens (including phenoxy) is 1. The smallest absolute Gasteiger partial charge is 0.164 e. The van der Waals surface area contributed by atoms with Gasteiger partial charge in [-0.1, -0.05) is 13.8 Å². The Balaban J connectivity index is 2.23. The van der Waals surface area contributed by atoms with E-state index in [-0.39, 0.29) is 24.6 Å². The molecule has 0 saturated carbocycles. The molecule has 64 valence electrons. The van der Waals surface area contributed by atoms with Crippen molar-refractivity contribution in [3.63, 3.8) is 0 Å². The zero-order valence-electron chi connectivity index (χ0n) is 6.91. The minimum atomic E-state index is -0.303. The number of carbonyl (C=O) groups excluding carboxylic acids is 1. The van der Waals surface area contributed by atoms with E-state index in [0.717, 1.165) is 0 Å². The molecule has 2 atom stereocenters. The van der Waals surface area contributed by atoms with Crippen molar-refractivity contribution in [3.8, 4) is 0 Å². The van der Waals surface area contributed by atoms with Gasteiger partial charge in [-0.05, 0) is 5.92 Å². The van der Waals surface area contributed by atoms with Gasteiger partial charge in [-0.2, -0.15) is 0 Å². The number of Topliss-reactive ketones (excluding diaryl/α,β-unsaturated/α-hetero) is 1. The lowest BCUT2D eigenvalue weighted by Crippen LogP contribution is -2.13. The van der Waals surface area contributed by atoms with Crippen molar-refractivity contribution in [1.29, 1.82) is 0 Å². The van der Waals surface area contributed by atoms with Gasteiger partial charge in [-0.25, -0.2) is 0 Å². The highest BCUT2D eigenvalue weighted by atomic mass is 16.6. The Morgan fingerprint density at radius 1 is 1.64 bits per heavy atom. The molecule has 1 heterocycles. The molecular weight excluding hydrogens is 144 g/mol. The molecule has 1 fully saturated rings. The molecule has 11 heavy (non-hydrogen) atoms. The molecule has 3 heteroatoms. The van der Waals surface area contributed by atoms with Crippen LogP contribution in [0.3, 0.4) is 0 Å². The number of hydrogen-bond donors (Lipinski definition) is 1. The Hall–Kier alpha value is -0.410. The Kier molecular flexibility index (Phi) is 2.62. The lowest BCUT2D eigenvalue weighted by Gasteiger charge is -1.99. The highest BCUT2D eigenvalue weighted by Gasteiger charge is 2.43. The molecular formula is C8H14O3. The van der Waals surface area contributed by atoms with Gasteiger partial charge in [0.2, 0.25) is 0 Å². The van der Waals surface area contributed by atoms with E-state index >= 15 is 0 Å². The predicted molar refractivity (Wildman–Crippen MR) is 40.2 cm³/mol. The van der Waals surface area contributed by atoms with Gasteiger partial charge < -0.3 is 9.84 Å². The molecule has 0 amide bonds. The van der Waals surface area contributed by atoms with Crippen molar-refractivity contribution in [2.24, 2.45) is 5.92 Å². The van der Waals surface area contributed by atoms with Crippen LogP contribution in [0, 0.1) is 5.92 Å². The van der Waals surface area contributed by atoms with Gasteiger partial charge in [0.15, 0.2) is 5.78 Å². The van der Waals surface area contributed by atoms with Crippen molar-refractivity contribution in [2.75, 3.05) is 6.61 Å². The standard InChI is InChI=1S/C8H14O3/c1-5(2)3-6(10)8-7(4-9)11-8/h5,7-9H,3-4H2,1-2H3. The summed E-state index contributed by atoms with van der Waals surface area (Å²) in [5, 5.41) is 8.58. The Labute approximate surface area is 66.4 Å². The fourth-order valence-electron chi connectivity index (χ4n) is 1.08. The van der Waals surface area contributed by atoms with E-state index in [9.17, 15) is 4.79 Å². The molecule has 1 aliphatic heterocycles. The first-order valence-electron chi connectivity index (χ1n) is 3.94. The molecule has 0 aromatic rings. The number of carbonyl (C=O) groups is 1. The summed E-state index contributed by atoms with van der Waals surface area (Å²) in [5.41, 5.74) is 0. The number of aliphatic hydroxyl groups is 1. The van der Waals surface area contributed by atoms with Crippen molar-refractivity contribution in [1.82, 2.24) is 0 Å². The van der Waals surface area contributed by atoms with Gasteiger partial charge in [0.05, 0.1) is 6.61 Å². The second kappa shape index (κ2) is 3.32. The van der Waals surface area contributed by atoms with E-state index in [1.165, 1.54) is 0 Å². The highest BCUT2D eigenvalue weighted by Crippen LogP contribution is 2.24. The fourth-order valence-corrected chi connectivity index (χ4v) is 1.08. The molecule has 0 bridgehead atoms. The third kappa shape index (κ3) is 2.27. The second-order valence-electron chi connectivity index (χ2n) is 3.34. The summed E-state index contributed by atoms with van der Waals surface area (Å²) in [6, 6.07) is 0. The van der Waals surface area contributed by atoms with Crippen LogP contribution in [0.2, 0.25) is 0 Å². The van der Waals surface area contributed by atoms with Gasteiger partial charge in [-0.3, -0.25) is 4.79 Å². The molecule has 0 radical (unpaired) electrons. The van der Waals surface area contributed by atoms with E-state index < -0.39 is 0 Å². The van der Waals surface area contributed by atoms with E-state index in [0.29, 0.717) is 12.3 Å². The fraction of sp³-hybridized carbons (Fsp3) is 0.875. The van der Waals surface area contributed by atoms with Gasteiger partial charge in [0.25, 0.3) is 0 Å². The topological polar surface area (TPSA) is 49.8 Å². The molecule has 1 rings (SSSR count). The Morgan fingerprint density at radius 2 is 2.27 bits per heavy atom. The van der Waals surface area contributed by atoms with Gasteiger partial charge in [0.1, 0.15) is 12.2 Å². The molecule has 3 nitrogen and oxygen atoms in total. The third-order valence-electron chi connectivity index (χ3n) is 1.69. The zero-order chi connectivity index (χ0) is 8.43. The average Bonchev–Trinajstić information content (AvgIpc) is 2.63. The maximum absolute atomic E-state index is 11.1. The summed E-state index contributed by atoms with van der Waals surface area (Å²) in [6.45, 7) is 3.96. The SMILES string of the molecule is CC(C)CC(=O)C1OC1CO. The van der Waals surface area contributed by atoms with E-state index in [4.69, 9.17) is 9.84 Å². The largest absolute Gasteiger partial charge is 0.394 e. The zero-order valence-corrected chi connectivity index (χ0v) is 6.91. The summed E-state index contributed by atoms with van der Waals surface area (Å²) in [4.78, 5) is 11.1. The van der Waals surface area contributed by atoms with Crippen LogP contribution in [0.4, 0.5) is 0 Å². The quantitative estimate of drug-likeness (QED) is 0.601. The maximum atomic E-state index is 11.1. The highest BCUT2D eigenvalue weighted by molar-refractivity contribution is 5.85. The van der Waals surface area contributed by atoms with Gasteiger partial charge in [-0.15, -0.1) is 0 Å². The molecule has 0 aromatic carbocycles. The predicted octanol–water partition coefficient (Wildman–Crippen LogP) is 0.361. The van der Waals surface area contributed by atoms with Crippen LogP contribution >= 0.6 is 0 Å². The van der Waals surface area contributed by atoms with Gasteiger partial charge >= 0.3 is 0 Å². The summed E-state index contributed by atoms with van der Waals surface area (Å²) < 4.78 is 4.93. The van der Waals surface area contributed by atoms with Crippen LogP contribution in [0.1, 0.15) is 20.3 Å². The Morgan fingerprint density at radius 3 is 2.64 bits per heavy atom. The van der Waals surface area contributed by atoms with Crippen molar-refractivity contribution < 1.29 is 14.6 Å². The van der Waals surface area contributed by atoms with E-state index in [1.807, 2.05) is 13.8 Å². The molecule has 1 N–H and O–H groups in total. The van der Waals surface area contributed by atoms with Crippen LogP contribution in [0.25, 0.3) is 0 Å². The molecule has 0 spiro atoms.